The van der Waals surface area contributed by atoms with E-state index in [2.05, 4.69) is 36.7 Å². The number of nitrogens with one attached hydrogen (secondary N) is 3. The number of piperidine rings is 2. The van der Waals surface area contributed by atoms with Gasteiger partial charge in [0.05, 0.1) is 0 Å². The molecule has 3 N–H and O–H groups in total. The van der Waals surface area contributed by atoms with Crippen molar-refractivity contribution < 1.29 is 9.59 Å². The highest BCUT2D eigenvalue weighted by molar-refractivity contribution is 8.00. The van der Waals surface area contributed by atoms with Crippen molar-refractivity contribution in [1.82, 2.24) is 20.9 Å². The van der Waals surface area contributed by atoms with E-state index in [4.69, 9.17) is 0 Å². The molecule has 4 fully saturated rings. The van der Waals surface area contributed by atoms with Crippen molar-refractivity contribution in [3.63, 3.8) is 0 Å². The molecule has 0 aromatic carbocycles. The van der Waals surface area contributed by atoms with E-state index in [1.54, 1.807) is 11.8 Å². The number of hydrogen-bond acceptors (Lipinski definition) is 5. The van der Waals surface area contributed by atoms with Crippen LogP contribution in [-0.2, 0) is 9.59 Å². The lowest BCUT2D eigenvalue weighted by Gasteiger charge is -2.50. The molecule has 7 heteroatoms. The predicted molar refractivity (Wildman–Crippen MR) is 117 cm³/mol. The zero-order chi connectivity index (χ0) is 20.7. The summed E-state index contributed by atoms with van der Waals surface area (Å²) in [5.41, 5.74) is 0.0359. The van der Waals surface area contributed by atoms with Crippen molar-refractivity contribution in [2.45, 2.75) is 75.7 Å². The maximum atomic E-state index is 13.3. The molecule has 0 radical (unpaired) electrons. The van der Waals surface area contributed by atoms with Crippen LogP contribution in [0.1, 0.15) is 52.9 Å². The van der Waals surface area contributed by atoms with Gasteiger partial charge in [-0.2, -0.15) is 0 Å². The van der Waals surface area contributed by atoms with Crippen molar-refractivity contribution in [2.75, 3.05) is 20.1 Å². The van der Waals surface area contributed by atoms with Gasteiger partial charge in [0, 0.05) is 49.3 Å². The fraction of sp³-hybridized carbons (Fsp3) is 0.909. The largest absolute Gasteiger partial charge is 0.342 e. The number of nitrogens with zero attached hydrogens (tertiary/aromatic N) is 1. The molecule has 3 heterocycles. The lowest BCUT2D eigenvalue weighted by Crippen LogP contribution is -2.60. The molecule has 29 heavy (non-hydrogen) atoms. The molecular formula is C22H38N4O2S. The zero-order valence-corrected chi connectivity index (χ0v) is 19.1. The Bertz CT molecular complexity index is 632. The van der Waals surface area contributed by atoms with Gasteiger partial charge in [-0.1, -0.05) is 13.8 Å². The summed E-state index contributed by atoms with van der Waals surface area (Å²) in [4.78, 5) is 28.3. The van der Waals surface area contributed by atoms with Gasteiger partial charge in [-0.05, 0) is 56.8 Å². The van der Waals surface area contributed by atoms with Crippen LogP contribution in [0.4, 0.5) is 0 Å². The molecule has 1 aliphatic carbocycles. The van der Waals surface area contributed by atoms with Gasteiger partial charge in [-0.15, -0.1) is 11.8 Å². The van der Waals surface area contributed by atoms with Gasteiger partial charge in [0.15, 0.2) is 0 Å². The van der Waals surface area contributed by atoms with Crippen LogP contribution < -0.4 is 16.0 Å². The van der Waals surface area contributed by atoms with Gasteiger partial charge in [-0.3, -0.25) is 14.9 Å². The summed E-state index contributed by atoms with van der Waals surface area (Å²) in [6.45, 7) is 8.63. The van der Waals surface area contributed by atoms with Crippen LogP contribution in [0.5, 0.6) is 0 Å². The molecule has 6 nitrogen and oxygen atoms in total. The third-order valence-electron chi connectivity index (χ3n) is 7.96. The molecule has 0 aromatic heterocycles. The first-order valence-corrected chi connectivity index (χ1v) is 12.5. The quantitative estimate of drug-likeness (QED) is 0.649. The van der Waals surface area contributed by atoms with Gasteiger partial charge >= 0.3 is 0 Å². The smallest absolute Gasteiger partial charge is 0.225 e. The van der Waals surface area contributed by atoms with Crippen molar-refractivity contribution in [3.8, 4) is 0 Å². The molecule has 3 aliphatic heterocycles. The third kappa shape index (κ3) is 4.47. The second-order valence-corrected chi connectivity index (χ2v) is 11.6. The Hall–Kier alpha value is -0.790. The van der Waals surface area contributed by atoms with E-state index >= 15 is 0 Å². The fourth-order valence-corrected chi connectivity index (χ4v) is 7.17. The van der Waals surface area contributed by atoms with Crippen LogP contribution in [0.25, 0.3) is 0 Å². The van der Waals surface area contributed by atoms with Gasteiger partial charge in [0.25, 0.3) is 0 Å². The summed E-state index contributed by atoms with van der Waals surface area (Å²) < 4.78 is 0. The van der Waals surface area contributed by atoms with Gasteiger partial charge in [0.1, 0.15) is 5.50 Å². The summed E-state index contributed by atoms with van der Waals surface area (Å²) in [7, 11) is 2.01. The van der Waals surface area contributed by atoms with E-state index < -0.39 is 0 Å². The van der Waals surface area contributed by atoms with Gasteiger partial charge < -0.3 is 15.5 Å². The van der Waals surface area contributed by atoms with Crippen molar-refractivity contribution in [1.29, 1.82) is 0 Å². The SMILES string of the molecule is CC1CC2C(CN1)CC(C1CC(C(=O)NC3NCC(C)S3)CCC1C)C(=O)N2C. The summed E-state index contributed by atoms with van der Waals surface area (Å²) in [5, 5.41) is 10.7. The molecule has 9 atom stereocenters. The van der Waals surface area contributed by atoms with E-state index in [0.29, 0.717) is 41.0 Å². The first kappa shape index (κ1) is 21.4. The van der Waals surface area contributed by atoms with Gasteiger partial charge in [-0.25, -0.2) is 0 Å². The topological polar surface area (TPSA) is 73.5 Å². The number of carbonyl (C=O) groups is 2. The highest BCUT2D eigenvalue weighted by Crippen LogP contribution is 2.44. The van der Waals surface area contributed by atoms with Crippen LogP contribution in [-0.4, -0.2) is 59.7 Å². The zero-order valence-electron chi connectivity index (χ0n) is 18.3. The minimum absolute atomic E-state index is 0.0359. The molecule has 0 spiro atoms. The number of carbonyl (C=O) groups excluding carboxylic acids is 2. The third-order valence-corrected chi connectivity index (χ3v) is 9.15. The number of hydrogen-bond donors (Lipinski definition) is 3. The second kappa shape index (κ2) is 8.75. The van der Waals surface area contributed by atoms with Crippen LogP contribution >= 0.6 is 11.8 Å². The predicted octanol–water partition coefficient (Wildman–Crippen LogP) is 2.01. The maximum Gasteiger partial charge on any atom is 0.225 e. The summed E-state index contributed by atoms with van der Waals surface area (Å²) in [5.74, 6) is 1.96. The Labute approximate surface area is 179 Å². The Balaban J connectivity index is 1.41. The fourth-order valence-electron chi connectivity index (χ4n) is 6.14. The van der Waals surface area contributed by atoms with Gasteiger partial charge in [0.2, 0.25) is 11.8 Å². The molecule has 0 bridgehead atoms. The number of thioether (sulfide) groups is 1. The molecule has 4 aliphatic rings. The minimum Gasteiger partial charge on any atom is -0.342 e. The van der Waals surface area contributed by atoms with E-state index in [9.17, 15) is 9.59 Å². The number of amides is 2. The minimum atomic E-state index is 0.0359. The highest BCUT2D eigenvalue weighted by Gasteiger charge is 2.47. The summed E-state index contributed by atoms with van der Waals surface area (Å²) >= 11 is 1.79. The Morgan fingerprint density at radius 1 is 1.10 bits per heavy atom. The van der Waals surface area contributed by atoms with E-state index in [0.717, 1.165) is 45.2 Å². The van der Waals surface area contributed by atoms with Crippen molar-refractivity contribution in [2.24, 2.45) is 29.6 Å². The maximum absolute atomic E-state index is 13.3. The molecule has 1 saturated carbocycles. The summed E-state index contributed by atoms with van der Waals surface area (Å²) in [6.07, 6.45) is 4.87. The molecule has 164 valence electrons. The first-order chi connectivity index (χ1) is 13.8. The lowest BCUT2D eigenvalue weighted by atomic mass is 9.64. The highest BCUT2D eigenvalue weighted by atomic mass is 32.2. The first-order valence-electron chi connectivity index (χ1n) is 11.5. The van der Waals surface area contributed by atoms with Crippen LogP contribution in [0, 0.1) is 29.6 Å². The van der Waals surface area contributed by atoms with Crippen molar-refractivity contribution in [3.05, 3.63) is 0 Å². The molecule has 2 amide bonds. The number of fused-ring (bicyclic) bond motifs is 1. The molecule has 0 aromatic rings. The Morgan fingerprint density at radius 3 is 2.62 bits per heavy atom. The molecule has 4 rings (SSSR count). The molecular weight excluding hydrogens is 384 g/mol. The van der Waals surface area contributed by atoms with Crippen LogP contribution in [0.3, 0.4) is 0 Å². The van der Waals surface area contributed by atoms with E-state index in [1.807, 2.05) is 11.9 Å². The Kier molecular flexibility index (Phi) is 6.47. The average molecular weight is 423 g/mol. The van der Waals surface area contributed by atoms with Crippen LogP contribution in [0.15, 0.2) is 0 Å². The monoisotopic (exact) mass is 422 g/mol. The van der Waals surface area contributed by atoms with Crippen LogP contribution in [0.2, 0.25) is 0 Å². The number of rotatable bonds is 3. The summed E-state index contributed by atoms with van der Waals surface area (Å²) in [6, 6.07) is 0.856. The van der Waals surface area contributed by atoms with E-state index in [-0.39, 0.29) is 23.2 Å². The Morgan fingerprint density at radius 2 is 1.90 bits per heavy atom. The second-order valence-electron chi connectivity index (χ2n) is 10.1. The average Bonchev–Trinajstić information content (AvgIpc) is 3.10. The van der Waals surface area contributed by atoms with Crippen molar-refractivity contribution >= 4 is 23.6 Å². The number of likely N-dealkylation sites (tertiary alicyclic amines) is 1. The standard InChI is InChI=1S/C22H38N4O2S/c1-12-5-6-15(20(27)25-22-24-10-14(3)29-22)8-17(12)18-9-16-11-23-13(2)7-19(16)26(4)21(18)28/h12-19,22-24H,5-11H2,1-4H3,(H,25,27). The van der Waals surface area contributed by atoms with E-state index in [1.165, 1.54) is 0 Å². The molecule has 3 saturated heterocycles. The normalized spacial score (nSPS) is 45.7. The molecule has 9 unspecified atom stereocenters. The lowest BCUT2D eigenvalue weighted by molar-refractivity contribution is -0.149.